The minimum atomic E-state index is -1.19. The van der Waals surface area contributed by atoms with Crippen LogP contribution < -0.4 is 0 Å². The summed E-state index contributed by atoms with van der Waals surface area (Å²) in [5.41, 5.74) is 0.920. The first kappa shape index (κ1) is 21.8. The lowest BCUT2D eigenvalue weighted by atomic mass is 10.1. The zero-order valence-corrected chi connectivity index (χ0v) is 17.5. The van der Waals surface area contributed by atoms with Crippen molar-refractivity contribution in [3.63, 3.8) is 0 Å². The van der Waals surface area contributed by atoms with Crippen molar-refractivity contribution in [3.8, 4) is 0 Å². The van der Waals surface area contributed by atoms with Crippen LogP contribution in [-0.2, 0) is 18.9 Å². The van der Waals surface area contributed by atoms with Crippen molar-refractivity contribution in [2.75, 3.05) is 6.61 Å². The van der Waals surface area contributed by atoms with Gasteiger partial charge >= 0.3 is 17.9 Å². The summed E-state index contributed by atoms with van der Waals surface area (Å²) in [7, 11) is 0. The van der Waals surface area contributed by atoms with Crippen molar-refractivity contribution in [2.45, 2.75) is 12.2 Å². The molecule has 33 heavy (non-hydrogen) atoms. The minimum Gasteiger partial charge on any atom is -0.493 e. The van der Waals surface area contributed by atoms with Crippen LogP contribution in [-0.4, -0.2) is 36.7 Å². The second kappa shape index (κ2) is 10.3. The van der Waals surface area contributed by atoms with E-state index in [1.165, 1.54) is 6.26 Å². The molecular formula is C26H20O7. The minimum absolute atomic E-state index is 0.0785. The number of carbonyl (C=O) groups is 3. The highest BCUT2D eigenvalue weighted by Crippen LogP contribution is 2.24. The number of ether oxygens (including phenoxy) is 4. The lowest BCUT2D eigenvalue weighted by molar-refractivity contribution is -0.0706. The van der Waals surface area contributed by atoms with E-state index in [2.05, 4.69) is 0 Å². The molecule has 7 heteroatoms. The zero-order valence-electron chi connectivity index (χ0n) is 17.5. The van der Waals surface area contributed by atoms with Gasteiger partial charge in [-0.05, 0) is 36.4 Å². The lowest BCUT2D eigenvalue weighted by Gasteiger charge is -2.30. The van der Waals surface area contributed by atoms with E-state index in [0.717, 1.165) is 0 Å². The normalized spacial score (nSPS) is 17.2. The van der Waals surface area contributed by atoms with Crippen LogP contribution in [0.4, 0.5) is 0 Å². The quantitative estimate of drug-likeness (QED) is 0.417. The molecule has 1 aliphatic rings. The van der Waals surface area contributed by atoms with Gasteiger partial charge in [0.15, 0.2) is 11.9 Å². The maximum atomic E-state index is 12.7. The number of benzene rings is 3. The van der Waals surface area contributed by atoms with Crippen LogP contribution in [0.15, 0.2) is 103 Å². The van der Waals surface area contributed by atoms with Crippen LogP contribution in [0, 0.1) is 0 Å². The first-order chi connectivity index (χ1) is 16.1. The molecule has 1 heterocycles. The third kappa shape index (κ3) is 5.46. The molecule has 0 radical (unpaired) electrons. The lowest BCUT2D eigenvalue weighted by Crippen LogP contribution is -2.43. The van der Waals surface area contributed by atoms with Gasteiger partial charge in [0.1, 0.15) is 12.9 Å². The summed E-state index contributed by atoms with van der Waals surface area (Å²) in [4.78, 5) is 38.0. The molecule has 1 aliphatic heterocycles. The van der Waals surface area contributed by atoms with Crippen LogP contribution >= 0.6 is 0 Å². The van der Waals surface area contributed by atoms with Crippen molar-refractivity contribution in [2.24, 2.45) is 0 Å². The smallest absolute Gasteiger partial charge is 0.343 e. The molecule has 0 unspecified atom stereocenters. The predicted molar refractivity (Wildman–Crippen MR) is 117 cm³/mol. The van der Waals surface area contributed by atoms with Gasteiger partial charge in [-0.3, -0.25) is 0 Å². The summed E-state index contributed by atoms with van der Waals surface area (Å²) in [5, 5.41) is 0. The molecule has 3 aromatic rings. The van der Waals surface area contributed by atoms with Crippen LogP contribution in [0.2, 0.25) is 0 Å². The SMILES string of the molecule is O=C(OC1=COC[C@@H](OC(=O)c2ccccc2)[C@@H]1OC(=O)c1ccccc1)c1ccccc1. The summed E-state index contributed by atoms with van der Waals surface area (Å²) in [6, 6.07) is 25.0. The van der Waals surface area contributed by atoms with Crippen LogP contribution in [0.1, 0.15) is 31.1 Å². The Balaban J connectivity index is 1.57. The second-order valence-electron chi connectivity index (χ2n) is 7.11. The molecule has 0 spiro atoms. The zero-order chi connectivity index (χ0) is 23.0. The average Bonchev–Trinajstić information content (AvgIpc) is 2.87. The van der Waals surface area contributed by atoms with E-state index in [4.69, 9.17) is 18.9 Å². The highest BCUT2D eigenvalue weighted by molar-refractivity contribution is 5.91. The first-order valence-corrected chi connectivity index (χ1v) is 10.2. The van der Waals surface area contributed by atoms with Gasteiger partial charge in [0.05, 0.1) is 16.7 Å². The molecule has 166 valence electrons. The van der Waals surface area contributed by atoms with E-state index in [9.17, 15) is 14.4 Å². The van der Waals surface area contributed by atoms with Crippen molar-refractivity contribution < 1.29 is 33.3 Å². The number of rotatable bonds is 6. The van der Waals surface area contributed by atoms with Gasteiger partial charge in [0, 0.05) is 0 Å². The maximum Gasteiger partial charge on any atom is 0.343 e. The summed E-state index contributed by atoms with van der Waals surface area (Å²) in [6.45, 7) is -0.0856. The molecule has 4 rings (SSSR count). The van der Waals surface area contributed by atoms with E-state index in [-0.39, 0.29) is 12.4 Å². The standard InChI is InChI=1S/C26H20O7/c27-24(18-10-4-1-5-11-18)31-21-16-30-17-22(32-25(28)19-12-6-2-7-13-19)23(21)33-26(29)20-14-8-3-9-15-20/h1-16,22-23H,17H2/t22-,23-/m1/s1. The van der Waals surface area contributed by atoms with Crippen molar-refractivity contribution in [1.82, 2.24) is 0 Å². The Labute approximate surface area is 190 Å². The summed E-state index contributed by atoms with van der Waals surface area (Å²) < 4.78 is 22.1. The molecule has 7 nitrogen and oxygen atoms in total. The Bertz CT molecular complexity index is 1140. The fourth-order valence-corrected chi connectivity index (χ4v) is 3.15. The number of esters is 3. The van der Waals surface area contributed by atoms with Gasteiger partial charge in [-0.2, -0.15) is 0 Å². The Hall–Kier alpha value is -4.39. The summed E-state index contributed by atoms with van der Waals surface area (Å²) in [6.07, 6.45) is -1.03. The Morgan fingerprint density at radius 3 is 1.61 bits per heavy atom. The fourth-order valence-electron chi connectivity index (χ4n) is 3.15. The van der Waals surface area contributed by atoms with Crippen LogP contribution in [0.3, 0.4) is 0 Å². The topological polar surface area (TPSA) is 88.1 Å². The molecule has 2 atom stereocenters. The predicted octanol–water partition coefficient (Wildman–Crippen LogP) is 4.17. The van der Waals surface area contributed by atoms with Gasteiger partial charge in [0.2, 0.25) is 6.10 Å². The fraction of sp³-hybridized carbons (Fsp3) is 0.115. The highest BCUT2D eigenvalue weighted by Gasteiger charge is 2.38. The largest absolute Gasteiger partial charge is 0.493 e. The van der Waals surface area contributed by atoms with Gasteiger partial charge in [-0.15, -0.1) is 0 Å². The van der Waals surface area contributed by atoms with Gasteiger partial charge in [-0.25, -0.2) is 14.4 Å². The molecule has 0 bridgehead atoms. The van der Waals surface area contributed by atoms with Gasteiger partial charge < -0.3 is 18.9 Å². The summed E-state index contributed by atoms with van der Waals surface area (Å²) >= 11 is 0. The number of hydrogen-bond donors (Lipinski definition) is 0. The molecule has 3 aromatic carbocycles. The molecule has 0 aliphatic carbocycles. The van der Waals surface area contributed by atoms with Crippen molar-refractivity contribution in [1.29, 1.82) is 0 Å². The molecule has 0 amide bonds. The van der Waals surface area contributed by atoms with Crippen LogP contribution in [0.5, 0.6) is 0 Å². The monoisotopic (exact) mass is 444 g/mol. The van der Waals surface area contributed by atoms with Crippen LogP contribution in [0.25, 0.3) is 0 Å². The molecular weight excluding hydrogens is 424 g/mol. The molecule has 0 N–H and O–H groups in total. The Kier molecular flexibility index (Phi) is 6.80. The van der Waals surface area contributed by atoms with Crippen molar-refractivity contribution in [3.05, 3.63) is 120 Å². The Morgan fingerprint density at radius 2 is 1.09 bits per heavy atom. The van der Waals surface area contributed by atoms with E-state index in [1.54, 1.807) is 91.0 Å². The number of hydrogen-bond acceptors (Lipinski definition) is 7. The first-order valence-electron chi connectivity index (χ1n) is 10.2. The van der Waals surface area contributed by atoms with Crippen molar-refractivity contribution >= 4 is 17.9 Å². The number of carbonyl (C=O) groups excluding carboxylic acids is 3. The molecule has 0 fully saturated rings. The molecule has 0 aromatic heterocycles. The maximum absolute atomic E-state index is 12.7. The molecule has 0 saturated carbocycles. The Morgan fingerprint density at radius 1 is 0.636 bits per heavy atom. The third-order valence-corrected chi connectivity index (χ3v) is 4.81. The van der Waals surface area contributed by atoms with E-state index >= 15 is 0 Å². The summed E-state index contributed by atoms with van der Waals surface area (Å²) in [5.74, 6) is -2.03. The average molecular weight is 444 g/mol. The highest BCUT2D eigenvalue weighted by atomic mass is 16.6. The third-order valence-electron chi connectivity index (χ3n) is 4.81. The van der Waals surface area contributed by atoms with E-state index in [0.29, 0.717) is 16.7 Å². The van der Waals surface area contributed by atoms with Gasteiger partial charge in [0.25, 0.3) is 0 Å². The van der Waals surface area contributed by atoms with Gasteiger partial charge in [-0.1, -0.05) is 54.6 Å². The van der Waals surface area contributed by atoms with E-state index in [1.807, 2.05) is 0 Å². The van der Waals surface area contributed by atoms with E-state index < -0.39 is 30.1 Å². The molecule has 0 saturated heterocycles. The second-order valence-corrected chi connectivity index (χ2v) is 7.11.